The van der Waals surface area contributed by atoms with Crippen LogP contribution in [0.5, 0.6) is 0 Å². The van der Waals surface area contributed by atoms with E-state index in [1.54, 1.807) is 11.0 Å². The quantitative estimate of drug-likeness (QED) is 0.533. The van der Waals surface area contributed by atoms with E-state index in [9.17, 15) is 27.1 Å². The first-order chi connectivity index (χ1) is 14.5. The fourth-order valence-electron chi connectivity index (χ4n) is 3.60. The number of nitrogens with one attached hydrogen (secondary N) is 2. The Morgan fingerprint density at radius 1 is 1.39 bits per heavy atom. The normalized spacial score (nSPS) is 22.7. The van der Waals surface area contributed by atoms with E-state index in [2.05, 4.69) is 10.0 Å². The molecule has 2 heterocycles. The number of hydrogen-bond donors (Lipinski definition) is 3. The predicted molar refractivity (Wildman–Crippen MR) is 113 cm³/mol. The van der Waals surface area contributed by atoms with Crippen molar-refractivity contribution in [3.05, 3.63) is 24.0 Å². The number of alkyl halides is 1. The standard InChI is InChI=1S/C19H26F2N4O5S/c1-13(26)22-10-15-11-25(18(27)30-15)14-3-4-17(16(20)9-14)24-7-5-19(21,6-8-24)12-23-31(2,28)29/h3-4,9,15H,5-8,10-12H2,1-2H3,(H2-,22,23,26,28,29)/p+1/t15-/m0/s1. The molecule has 3 rings (SSSR count). The molecule has 2 aliphatic rings. The number of piperidine rings is 1. The maximum atomic E-state index is 14.8. The van der Waals surface area contributed by atoms with E-state index in [0.717, 1.165) is 6.26 Å². The molecule has 2 saturated heterocycles. The molecule has 9 nitrogen and oxygen atoms in total. The summed E-state index contributed by atoms with van der Waals surface area (Å²) in [6.45, 7) is 1.97. The first-order valence-electron chi connectivity index (χ1n) is 9.88. The summed E-state index contributed by atoms with van der Waals surface area (Å²) < 4.78 is 57.7. The summed E-state index contributed by atoms with van der Waals surface area (Å²) in [5, 5.41) is 2.58. The van der Waals surface area contributed by atoms with E-state index in [1.165, 1.54) is 24.0 Å². The van der Waals surface area contributed by atoms with Crippen molar-refractivity contribution in [3.8, 4) is 0 Å². The van der Waals surface area contributed by atoms with E-state index in [4.69, 9.17) is 4.74 Å². The van der Waals surface area contributed by atoms with Crippen LogP contribution in [-0.2, 0) is 24.1 Å². The summed E-state index contributed by atoms with van der Waals surface area (Å²) in [4.78, 5) is 26.1. The first-order valence-corrected chi connectivity index (χ1v) is 11.8. The van der Waals surface area contributed by atoms with Crippen molar-refractivity contribution in [2.24, 2.45) is 0 Å². The second-order valence-corrected chi connectivity index (χ2v) is 9.84. The lowest BCUT2D eigenvalue weighted by molar-refractivity contribution is -0.119. The fraction of sp³-hybridized carbons (Fsp3) is 0.579. The largest absolute Gasteiger partial charge is 0.442 e. The summed E-state index contributed by atoms with van der Waals surface area (Å²) in [6, 6.07) is 4.36. The topological polar surface area (TPSA) is 111 Å². The second-order valence-electron chi connectivity index (χ2n) is 7.95. The van der Waals surface area contributed by atoms with Crippen LogP contribution in [0, 0.1) is 5.82 Å². The highest BCUT2D eigenvalue weighted by atomic mass is 32.3. The smallest absolute Gasteiger partial charge is 0.414 e. The monoisotopic (exact) mass is 461 g/mol. The van der Waals surface area contributed by atoms with Crippen molar-refractivity contribution in [3.63, 3.8) is 0 Å². The first kappa shape index (κ1) is 23.4. The molecular weight excluding hydrogens is 434 g/mol. The maximum absolute atomic E-state index is 14.8. The van der Waals surface area contributed by atoms with Crippen LogP contribution in [0.4, 0.5) is 25.0 Å². The van der Waals surface area contributed by atoms with Gasteiger partial charge in [-0.05, 0) is 22.4 Å². The molecule has 0 radical (unpaired) electrons. The highest BCUT2D eigenvalue weighted by Gasteiger charge is 2.38. The van der Waals surface area contributed by atoms with Crippen LogP contribution in [0.15, 0.2) is 18.2 Å². The number of carbonyl (C=O) groups is 2. The van der Waals surface area contributed by atoms with E-state index in [1.807, 2.05) is 0 Å². The van der Waals surface area contributed by atoms with Crippen LogP contribution in [-0.4, -0.2) is 67.3 Å². The molecule has 2 atom stereocenters. The number of carbonyl (C=O) groups excluding carboxylic acids is 2. The highest BCUT2D eigenvalue weighted by Crippen LogP contribution is 2.33. The Labute approximate surface area is 180 Å². The third-order valence-corrected chi connectivity index (χ3v) is 6.03. The van der Waals surface area contributed by atoms with Gasteiger partial charge in [0, 0.05) is 32.9 Å². The van der Waals surface area contributed by atoms with Crippen LogP contribution in [0.1, 0.15) is 19.8 Å². The Balaban J connectivity index is 1.61. The average Bonchev–Trinajstić information content (AvgIpc) is 3.06. The van der Waals surface area contributed by atoms with Gasteiger partial charge in [0.1, 0.15) is 17.6 Å². The molecule has 2 amide bonds. The third-order valence-electron chi connectivity index (χ3n) is 5.35. The van der Waals surface area contributed by atoms with E-state index < -0.39 is 34.1 Å². The van der Waals surface area contributed by atoms with Crippen LogP contribution < -0.4 is 19.8 Å². The number of ether oxygens (including phenoxy) is 1. The van der Waals surface area contributed by atoms with Crippen molar-refractivity contribution in [2.75, 3.05) is 48.8 Å². The Hall–Kier alpha value is -2.31. The third kappa shape index (κ3) is 6.11. The van der Waals surface area contributed by atoms with Gasteiger partial charge in [0.15, 0.2) is 6.26 Å². The lowest BCUT2D eigenvalue weighted by atomic mass is 9.93. The highest BCUT2D eigenvalue weighted by molar-refractivity contribution is 7.95. The zero-order valence-electron chi connectivity index (χ0n) is 17.4. The van der Waals surface area contributed by atoms with Gasteiger partial charge in [-0.3, -0.25) is 9.69 Å². The molecule has 1 unspecified atom stereocenters. The zero-order chi connectivity index (χ0) is 22.8. The van der Waals surface area contributed by atoms with Gasteiger partial charge in [-0.15, -0.1) is 4.72 Å². The summed E-state index contributed by atoms with van der Waals surface area (Å²) in [5.74, 6) is -0.786. The van der Waals surface area contributed by atoms with Gasteiger partial charge < -0.3 is 15.0 Å². The van der Waals surface area contributed by atoms with Gasteiger partial charge in [-0.2, -0.15) is 4.55 Å². The summed E-state index contributed by atoms with van der Waals surface area (Å²) >= 11 is 0. The molecule has 0 bridgehead atoms. The van der Waals surface area contributed by atoms with Crippen molar-refractivity contribution in [2.45, 2.75) is 31.5 Å². The van der Waals surface area contributed by atoms with Crippen LogP contribution in [0.2, 0.25) is 0 Å². The number of benzene rings is 1. The molecule has 12 heteroatoms. The minimum atomic E-state index is -3.24. The van der Waals surface area contributed by atoms with E-state index >= 15 is 0 Å². The van der Waals surface area contributed by atoms with Gasteiger partial charge in [-0.25, -0.2) is 13.6 Å². The molecule has 31 heavy (non-hydrogen) atoms. The molecule has 1 aromatic carbocycles. The van der Waals surface area contributed by atoms with Crippen molar-refractivity contribution >= 4 is 33.8 Å². The summed E-state index contributed by atoms with van der Waals surface area (Å²) in [7, 11) is -3.24. The Morgan fingerprint density at radius 2 is 2.06 bits per heavy atom. The van der Waals surface area contributed by atoms with Crippen LogP contribution in [0.25, 0.3) is 0 Å². The average molecular weight is 462 g/mol. The van der Waals surface area contributed by atoms with Gasteiger partial charge in [-0.1, -0.05) is 0 Å². The molecule has 1 aromatic rings. The molecular formula is C19H27F2N4O5S+. The number of cyclic esters (lactones) is 1. The molecule has 0 aliphatic carbocycles. The lowest BCUT2D eigenvalue weighted by Crippen LogP contribution is -2.49. The van der Waals surface area contributed by atoms with Gasteiger partial charge >= 0.3 is 6.09 Å². The number of hydrogen-bond acceptors (Lipinski definition) is 5. The Morgan fingerprint density at radius 3 is 2.65 bits per heavy atom. The molecule has 0 saturated carbocycles. The summed E-state index contributed by atoms with van der Waals surface area (Å²) in [5.41, 5.74) is -1.02. The van der Waals surface area contributed by atoms with Crippen LogP contribution >= 0.6 is 0 Å². The fourth-order valence-corrected chi connectivity index (χ4v) is 4.13. The maximum Gasteiger partial charge on any atom is 0.414 e. The molecule has 3 N–H and O–H groups in total. The van der Waals surface area contributed by atoms with Crippen molar-refractivity contribution in [1.82, 2.24) is 10.0 Å². The second kappa shape index (κ2) is 9.05. The number of amides is 2. The van der Waals surface area contributed by atoms with Crippen LogP contribution in [0.3, 0.4) is 0 Å². The number of anilines is 2. The van der Waals surface area contributed by atoms with E-state index in [-0.39, 0.29) is 51.5 Å². The molecule has 172 valence electrons. The number of nitrogens with zero attached hydrogens (tertiary/aromatic N) is 2. The minimum Gasteiger partial charge on any atom is -0.442 e. The molecule has 0 spiro atoms. The summed E-state index contributed by atoms with van der Waals surface area (Å²) in [6.07, 6.45) is 0.108. The Kier molecular flexibility index (Phi) is 6.82. The molecule has 2 fully saturated rings. The molecule has 2 aliphatic heterocycles. The number of rotatable bonds is 7. The number of halogens is 2. The van der Waals surface area contributed by atoms with Crippen molar-refractivity contribution < 1.29 is 31.9 Å². The van der Waals surface area contributed by atoms with Gasteiger partial charge in [0.05, 0.1) is 31.0 Å². The van der Waals surface area contributed by atoms with Crippen molar-refractivity contribution in [1.29, 1.82) is 0 Å². The SMILES string of the molecule is CC(=O)NC[C@H]1CN(c2ccc(N3CCC(F)(CN[S+](C)(=O)O)CC3)c(F)c2)C(=O)O1. The zero-order valence-corrected chi connectivity index (χ0v) is 18.2. The van der Waals surface area contributed by atoms with Gasteiger partial charge in [0.2, 0.25) is 5.91 Å². The lowest BCUT2D eigenvalue weighted by Gasteiger charge is -2.37. The van der Waals surface area contributed by atoms with E-state index in [0.29, 0.717) is 11.4 Å². The minimum absolute atomic E-state index is 0.0833. The molecule has 0 aromatic heterocycles. The predicted octanol–water partition coefficient (Wildman–Crippen LogP) is 1.70. The Bertz CT molecular complexity index is 888. The van der Waals surface area contributed by atoms with Gasteiger partial charge in [0.25, 0.3) is 10.4 Å².